The second kappa shape index (κ2) is 9.47. The van der Waals surface area contributed by atoms with Crippen LogP contribution in [0.3, 0.4) is 0 Å². The first-order chi connectivity index (χ1) is 18.4. The summed E-state index contributed by atoms with van der Waals surface area (Å²) in [5, 5.41) is 27.3. The van der Waals surface area contributed by atoms with Crippen molar-refractivity contribution >= 4 is 28.7 Å². The summed E-state index contributed by atoms with van der Waals surface area (Å²) in [6.45, 7) is 1.53. The molecule has 0 N–H and O–H groups in total. The van der Waals surface area contributed by atoms with Gasteiger partial charge in [0.25, 0.3) is 0 Å². The molecule has 11 heteroatoms. The minimum atomic E-state index is -0.529. The predicted octanol–water partition coefficient (Wildman–Crippen LogP) is 4.60. The smallest absolute Gasteiger partial charge is 0.410 e. The first kappa shape index (κ1) is 24.0. The second-order valence-electron chi connectivity index (χ2n) is 10.0. The van der Waals surface area contributed by atoms with Crippen molar-refractivity contribution < 1.29 is 9.53 Å². The van der Waals surface area contributed by atoms with Crippen molar-refractivity contribution in [2.45, 2.75) is 44.4 Å². The highest BCUT2D eigenvalue weighted by molar-refractivity contribution is 6.30. The molecule has 2 aromatic carbocycles. The molecule has 2 atom stereocenters. The molecule has 1 saturated heterocycles. The van der Waals surface area contributed by atoms with Gasteiger partial charge in [0.05, 0.1) is 65.6 Å². The van der Waals surface area contributed by atoms with Gasteiger partial charge < -0.3 is 9.30 Å². The molecule has 1 saturated carbocycles. The van der Waals surface area contributed by atoms with E-state index in [-0.39, 0.29) is 12.6 Å². The lowest BCUT2D eigenvalue weighted by atomic mass is 9.78. The number of ether oxygens (including phenoxy) is 1. The zero-order valence-electron chi connectivity index (χ0n) is 20.4. The fourth-order valence-corrected chi connectivity index (χ4v) is 5.89. The second-order valence-corrected chi connectivity index (χ2v) is 10.5. The molecule has 6 rings (SSSR count). The Kier molecular flexibility index (Phi) is 5.97. The summed E-state index contributed by atoms with van der Waals surface area (Å²) in [6.07, 6.45) is 6.79. The zero-order valence-corrected chi connectivity index (χ0v) is 21.2. The highest BCUT2D eigenvalue weighted by Gasteiger charge is 2.48. The van der Waals surface area contributed by atoms with Crippen LogP contribution in [0.2, 0.25) is 5.02 Å². The van der Waals surface area contributed by atoms with Crippen LogP contribution in [0, 0.1) is 28.6 Å². The zero-order chi connectivity index (χ0) is 26.3. The van der Waals surface area contributed by atoms with Crippen molar-refractivity contribution in [2.75, 3.05) is 6.54 Å². The topological polar surface area (TPSA) is 126 Å². The highest BCUT2D eigenvalue weighted by atomic mass is 35.5. The third kappa shape index (κ3) is 4.55. The third-order valence-corrected chi connectivity index (χ3v) is 7.54. The fourth-order valence-electron chi connectivity index (χ4n) is 5.66. The van der Waals surface area contributed by atoms with Crippen molar-refractivity contribution in [3.8, 4) is 17.8 Å². The van der Waals surface area contributed by atoms with E-state index in [1.807, 2.05) is 18.5 Å². The highest BCUT2D eigenvalue weighted by Crippen LogP contribution is 2.41. The van der Waals surface area contributed by atoms with Gasteiger partial charge in [-0.3, -0.25) is 4.90 Å². The fraction of sp³-hybridized carbons (Fsp3) is 0.333. The van der Waals surface area contributed by atoms with E-state index in [4.69, 9.17) is 16.3 Å². The molecular weight excluding hydrogens is 504 g/mol. The number of nitrogens with zero attached hydrogens (tertiary/aromatic N) is 8. The average molecular weight is 527 g/mol. The van der Waals surface area contributed by atoms with E-state index < -0.39 is 5.60 Å². The predicted molar refractivity (Wildman–Crippen MR) is 137 cm³/mol. The number of benzene rings is 2. The quantitative estimate of drug-likeness (QED) is 0.372. The lowest BCUT2D eigenvalue weighted by Gasteiger charge is -2.36. The Morgan fingerprint density at radius 2 is 2.03 bits per heavy atom. The molecule has 1 spiro atoms. The first-order valence-electron chi connectivity index (χ1n) is 12.4. The van der Waals surface area contributed by atoms with Gasteiger partial charge in [0, 0.05) is 11.6 Å². The number of aromatic nitrogens is 5. The standard InChI is InChI=1S/C27H23ClN8O2/c28-21-6-20(12-30)7-23(9-21)36-15-22(32-33-36)14-34-16-27(38-26(34)37)5-1-2-19(10-27)13-35-17-31-24-4-3-18(11-29)8-25(24)35/h3-4,6-9,15,17,19H,1-2,5,10,13-14,16H2. The maximum atomic E-state index is 12.9. The molecule has 190 valence electrons. The Morgan fingerprint density at radius 3 is 2.87 bits per heavy atom. The molecule has 3 heterocycles. The Bertz CT molecular complexity index is 1630. The molecule has 1 aliphatic carbocycles. The SMILES string of the molecule is N#Cc1cc(Cl)cc(-n2cc(CN3CC4(CCCC(Cn5cnc6ccc(C#N)cc65)C4)OC3=O)nn2)c1. The number of hydrogen-bond donors (Lipinski definition) is 0. The Hall–Kier alpha value is -4.41. The van der Waals surface area contributed by atoms with Gasteiger partial charge in [-0.2, -0.15) is 10.5 Å². The number of nitriles is 2. The molecule has 1 amide bonds. The summed E-state index contributed by atoms with van der Waals surface area (Å²) in [4.78, 5) is 19.0. The van der Waals surface area contributed by atoms with Gasteiger partial charge in [0.15, 0.2) is 0 Å². The summed E-state index contributed by atoms with van der Waals surface area (Å²) in [6, 6.07) is 14.8. The molecule has 2 aliphatic rings. The number of fused-ring (bicyclic) bond motifs is 1. The third-order valence-electron chi connectivity index (χ3n) is 7.32. The lowest BCUT2D eigenvalue weighted by molar-refractivity contribution is 0.00415. The summed E-state index contributed by atoms with van der Waals surface area (Å²) >= 11 is 6.12. The van der Waals surface area contributed by atoms with Crippen LogP contribution in [0.25, 0.3) is 16.7 Å². The number of amides is 1. The van der Waals surface area contributed by atoms with Crippen molar-refractivity contribution in [3.05, 3.63) is 70.8 Å². The van der Waals surface area contributed by atoms with Crippen molar-refractivity contribution in [2.24, 2.45) is 5.92 Å². The van der Waals surface area contributed by atoms with E-state index in [1.54, 1.807) is 40.0 Å². The Labute approximate surface area is 223 Å². The van der Waals surface area contributed by atoms with Gasteiger partial charge in [-0.15, -0.1) is 5.10 Å². The van der Waals surface area contributed by atoms with Crippen LogP contribution in [0.4, 0.5) is 4.79 Å². The first-order valence-corrected chi connectivity index (χ1v) is 12.8. The lowest BCUT2D eigenvalue weighted by Crippen LogP contribution is -2.40. The van der Waals surface area contributed by atoms with Gasteiger partial charge in [0.1, 0.15) is 11.3 Å². The number of halogens is 1. The molecule has 0 bridgehead atoms. The molecule has 0 radical (unpaired) electrons. The van der Waals surface area contributed by atoms with Crippen LogP contribution in [-0.4, -0.2) is 47.7 Å². The van der Waals surface area contributed by atoms with Crippen LogP contribution >= 0.6 is 11.6 Å². The van der Waals surface area contributed by atoms with E-state index in [9.17, 15) is 15.3 Å². The summed E-state index contributed by atoms with van der Waals surface area (Å²) in [5.74, 6) is 0.317. The van der Waals surface area contributed by atoms with Crippen molar-refractivity contribution in [1.29, 1.82) is 10.5 Å². The van der Waals surface area contributed by atoms with Gasteiger partial charge in [-0.1, -0.05) is 16.8 Å². The van der Waals surface area contributed by atoms with E-state index in [1.165, 1.54) is 0 Å². The van der Waals surface area contributed by atoms with Crippen LogP contribution in [-0.2, 0) is 17.8 Å². The molecule has 4 aromatic rings. The van der Waals surface area contributed by atoms with Crippen molar-refractivity contribution in [3.63, 3.8) is 0 Å². The maximum absolute atomic E-state index is 12.9. The number of carbonyl (C=O) groups excluding carboxylic acids is 1. The molecule has 2 fully saturated rings. The summed E-state index contributed by atoms with van der Waals surface area (Å²) in [5.41, 5.74) is 3.55. The monoisotopic (exact) mass is 526 g/mol. The maximum Gasteiger partial charge on any atom is 0.410 e. The van der Waals surface area contributed by atoms with Crippen LogP contribution in [0.5, 0.6) is 0 Å². The van der Waals surface area contributed by atoms with E-state index in [2.05, 4.69) is 32.0 Å². The van der Waals surface area contributed by atoms with E-state index >= 15 is 0 Å². The summed E-state index contributed by atoms with van der Waals surface area (Å²) in [7, 11) is 0. The van der Waals surface area contributed by atoms with Crippen LogP contribution in [0.1, 0.15) is 42.5 Å². The molecule has 38 heavy (non-hydrogen) atoms. The van der Waals surface area contributed by atoms with Gasteiger partial charge in [-0.25, -0.2) is 14.5 Å². The number of carbonyl (C=O) groups is 1. The minimum absolute atomic E-state index is 0.278. The Balaban J connectivity index is 1.14. The van der Waals surface area contributed by atoms with Gasteiger partial charge in [-0.05, 0) is 68.0 Å². The van der Waals surface area contributed by atoms with Crippen LogP contribution in [0.15, 0.2) is 48.9 Å². The molecular formula is C27H23ClN8O2. The Morgan fingerprint density at radius 1 is 1.16 bits per heavy atom. The molecule has 2 aromatic heterocycles. The summed E-state index contributed by atoms with van der Waals surface area (Å²) < 4.78 is 9.64. The minimum Gasteiger partial charge on any atom is -0.441 e. The number of rotatable bonds is 5. The van der Waals surface area contributed by atoms with Gasteiger partial charge >= 0.3 is 6.09 Å². The van der Waals surface area contributed by atoms with Crippen molar-refractivity contribution in [1.82, 2.24) is 29.4 Å². The van der Waals surface area contributed by atoms with E-state index in [0.29, 0.717) is 40.0 Å². The van der Waals surface area contributed by atoms with Crippen LogP contribution < -0.4 is 0 Å². The molecule has 2 unspecified atom stereocenters. The average Bonchev–Trinajstić information content (AvgIpc) is 3.62. The molecule has 10 nitrogen and oxygen atoms in total. The number of hydrogen-bond acceptors (Lipinski definition) is 7. The van der Waals surface area contributed by atoms with E-state index in [0.717, 1.165) is 43.3 Å². The van der Waals surface area contributed by atoms with Gasteiger partial charge in [0.2, 0.25) is 0 Å². The normalized spacial score (nSPS) is 21.0. The molecule has 1 aliphatic heterocycles. The number of imidazole rings is 1. The largest absolute Gasteiger partial charge is 0.441 e.